The number of ether oxygens (including phenoxy) is 1. The number of methoxy groups -OCH3 is 1. The lowest BCUT2D eigenvalue weighted by Crippen LogP contribution is -2.25. The molecular formula is C33H30ClN3O5. The van der Waals surface area contributed by atoms with Crippen LogP contribution in [0.3, 0.4) is 0 Å². The van der Waals surface area contributed by atoms with E-state index in [1.165, 1.54) is 13.2 Å². The maximum Gasteiger partial charge on any atom is 0.336 e. The highest BCUT2D eigenvalue weighted by molar-refractivity contribution is 6.30. The van der Waals surface area contributed by atoms with Gasteiger partial charge in [0.1, 0.15) is 5.75 Å². The quantitative estimate of drug-likeness (QED) is 0.194. The van der Waals surface area contributed by atoms with E-state index in [0.717, 1.165) is 22.4 Å². The van der Waals surface area contributed by atoms with Gasteiger partial charge in [-0.05, 0) is 101 Å². The van der Waals surface area contributed by atoms with Gasteiger partial charge >= 0.3 is 5.97 Å². The third-order valence-corrected chi connectivity index (χ3v) is 7.72. The molecule has 214 valence electrons. The van der Waals surface area contributed by atoms with Gasteiger partial charge in [0.25, 0.3) is 5.91 Å². The Balaban J connectivity index is 1.48. The number of amides is 2. The van der Waals surface area contributed by atoms with Crippen molar-refractivity contribution in [2.75, 3.05) is 25.5 Å². The topological polar surface area (TPSA) is 131 Å². The lowest BCUT2D eigenvalue weighted by molar-refractivity contribution is 0.0696. The molecule has 1 unspecified atom stereocenters. The van der Waals surface area contributed by atoms with E-state index in [0.29, 0.717) is 59.0 Å². The molecule has 4 aromatic carbocycles. The Morgan fingerprint density at radius 1 is 1.00 bits per heavy atom. The number of carboxylic acids is 1. The largest absolute Gasteiger partial charge is 0.497 e. The van der Waals surface area contributed by atoms with Crippen molar-refractivity contribution in [1.82, 2.24) is 5.32 Å². The van der Waals surface area contributed by atoms with Gasteiger partial charge in [0.05, 0.1) is 12.7 Å². The number of benzene rings is 4. The Morgan fingerprint density at radius 3 is 2.55 bits per heavy atom. The molecule has 1 aliphatic heterocycles. The lowest BCUT2D eigenvalue weighted by Gasteiger charge is -2.18. The van der Waals surface area contributed by atoms with Crippen molar-refractivity contribution in [3.8, 4) is 16.9 Å². The summed E-state index contributed by atoms with van der Waals surface area (Å²) in [6.45, 7) is 1.04. The molecule has 0 bridgehead atoms. The first-order valence-electron chi connectivity index (χ1n) is 13.5. The van der Waals surface area contributed by atoms with Crippen molar-refractivity contribution >= 4 is 35.1 Å². The van der Waals surface area contributed by atoms with Crippen LogP contribution in [-0.2, 0) is 12.8 Å². The predicted octanol–water partition coefficient (Wildman–Crippen LogP) is 5.54. The first-order chi connectivity index (χ1) is 20.2. The molecule has 0 saturated heterocycles. The summed E-state index contributed by atoms with van der Waals surface area (Å²) in [5.74, 6) is -1.46. The molecule has 0 aromatic heterocycles. The summed E-state index contributed by atoms with van der Waals surface area (Å²) in [5, 5.41) is 17.0. The number of hydrogen-bond acceptors (Lipinski definition) is 5. The summed E-state index contributed by atoms with van der Waals surface area (Å²) in [7, 11) is 1.48. The Labute approximate surface area is 248 Å². The Bertz CT molecular complexity index is 1690. The van der Waals surface area contributed by atoms with Crippen molar-refractivity contribution in [3.05, 3.63) is 117 Å². The van der Waals surface area contributed by atoms with Gasteiger partial charge in [0.2, 0.25) is 5.91 Å². The second-order valence-corrected chi connectivity index (χ2v) is 10.6. The molecule has 8 nitrogen and oxygen atoms in total. The number of primary amides is 1. The van der Waals surface area contributed by atoms with Crippen molar-refractivity contribution in [2.24, 2.45) is 5.73 Å². The highest BCUT2D eigenvalue weighted by atomic mass is 35.5. The van der Waals surface area contributed by atoms with Crippen molar-refractivity contribution in [2.45, 2.75) is 18.8 Å². The fourth-order valence-electron chi connectivity index (χ4n) is 5.33. The molecule has 5 rings (SSSR count). The van der Waals surface area contributed by atoms with Gasteiger partial charge < -0.3 is 26.2 Å². The third-order valence-electron chi connectivity index (χ3n) is 7.49. The fourth-order valence-corrected chi connectivity index (χ4v) is 5.54. The smallest absolute Gasteiger partial charge is 0.336 e. The number of carbonyl (C=O) groups is 3. The van der Waals surface area contributed by atoms with E-state index < -0.39 is 11.9 Å². The second-order valence-electron chi connectivity index (χ2n) is 10.2. The molecule has 1 atom stereocenters. The Hall–Kier alpha value is -4.82. The van der Waals surface area contributed by atoms with Crippen LogP contribution in [0.15, 0.2) is 78.9 Å². The van der Waals surface area contributed by atoms with Crippen LogP contribution in [0.4, 0.5) is 5.69 Å². The molecule has 0 spiro atoms. The van der Waals surface area contributed by atoms with Crippen LogP contribution in [0, 0.1) is 0 Å². The van der Waals surface area contributed by atoms with Gasteiger partial charge in [-0.25, -0.2) is 4.79 Å². The summed E-state index contributed by atoms with van der Waals surface area (Å²) < 4.78 is 5.27. The van der Waals surface area contributed by atoms with E-state index in [4.69, 9.17) is 22.1 Å². The standard InChI is InChI=1S/C33H30ClN3O5/c1-42-25-8-9-26(29(17-25)33(40)41)27-16-22(32(39)36-12-11-19-3-2-4-24(34)13-19)6-5-20(27)14-23-18-37-30-10-7-21(31(35)38)15-28(23)30/h2-10,13,15-17,23,37H,11-12,14,18H2,1H3,(H2,35,38)(H,36,39)(H,40,41). The molecule has 2 amide bonds. The molecule has 0 fully saturated rings. The normalized spacial score (nSPS) is 13.6. The monoisotopic (exact) mass is 583 g/mol. The van der Waals surface area contributed by atoms with E-state index >= 15 is 0 Å². The number of rotatable bonds is 10. The first kappa shape index (κ1) is 28.7. The highest BCUT2D eigenvalue weighted by Crippen LogP contribution is 2.38. The average molecular weight is 584 g/mol. The first-order valence-corrected chi connectivity index (χ1v) is 13.9. The van der Waals surface area contributed by atoms with Crippen LogP contribution in [-0.4, -0.2) is 43.1 Å². The van der Waals surface area contributed by atoms with Gasteiger partial charge in [0.15, 0.2) is 0 Å². The number of aromatic carboxylic acids is 1. The second kappa shape index (κ2) is 12.4. The van der Waals surface area contributed by atoms with Crippen LogP contribution in [0.5, 0.6) is 5.75 Å². The lowest BCUT2D eigenvalue weighted by atomic mass is 9.86. The van der Waals surface area contributed by atoms with Gasteiger partial charge in [-0.2, -0.15) is 0 Å². The molecule has 4 aromatic rings. The van der Waals surface area contributed by atoms with Crippen LogP contribution >= 0.6 is 11.6 Å². The van der Waals surface area contributed by atoms with Crippen LogP contribution < -0.4 is 21.1 Å². The highest BCUT2D eigenvalue weighted by Gasteiger charge is 2.26. The van der Waals surface area contributed by atoms with Gasteiger partial charge in [-0.3, -0.25) is 9.59 Å². The van der Waals surface area contributed by atoms with Gasteiger partial charge in [0, 0.05) is 40.8 Å². The van der Waals surface area contributed by atoms with E-state index in [9.17, 15) is 19.5 Å². The number of fused-ring (bicyclic) bond motifs is 1. The molecular weight excluding hydrogens is 554 g/mol. The average Bonchev–Trinajstić information content (AvgIpc) is 3.38. The maximum atomic E-state index is 13.2. The summed E-state index contributed by atoms with van der Waals surface area (Å²) in [6, 6.07) is 23.1. The summed E-state index contributed by atoms with van der Waals surface area (Å²) >= 11 is 6.08. The van der Waals surface area contributed by atoms with E-state index in [1.807, 2.05) is 30.3 Å². The molecule has 0 saturated carbocycles. The van der Waals surface area contributed by atoms with Gasteiger partial charge in [-0.1, -0.05) is 29.8 Å². The summed E-state index contributed by atoms with van der Waals surface area (Å²) in [5.41, 5.74) is 11.3. The van der Waals surface area contributed by atoms with Crippen molar-refractivity contribution in [1.29, 1.82) is 0 Å². The number of hydrogen-bond donors (Lipinski definition) is 4. The molecule has 5 N–H and O–H groups in total. The molecule has 1 aliphatic rings. The van der Waals surface area contributed by atoms with E-state index in [-0.39, 0.29) is 17.4 Å². The van der Waals surface area contributed by atoms with Crippen molar-refractivity contribution < 1.29 is 24.2 Å². The summed E-state index contributed by atoms with van der Waals surface area (Å²) in [4.78, 5) is 37.3. The predicted molar refractivity (Wildman–Crippen MR) is 163 cm³/mol. The Morgan fingerprint density at radius 2 is 1.81 bits per heavy atom. The molecule has 1 heterocycles. The van der Waals surface area contributed by atoms with E-state index in [2.05, 4.69) is 10.6 Å². The molecule has 0 radical (unpaired) electrons. The number of nitrogens with one attached hydrogen (secondary N) is 2. The summed E-state index contributed by atoms with van der Waals surface area (Å²) in [6.07, 6.45) is 1.15. The fraction of sp³-hybridized carbons (Fsp3) is 0.182. The molecule has 42 heavy (non-hydrogen) atoms. The van der Waals surface area contributed by atoms with Crippen LogP contribution in [0.25, 0.3) is 11.1 Å². The Kier molecular flexibility index (Phi) is 8.45. The van der Waals surface area contributed by atoms with Crippen molar-refractivity contribution in [3.63, 3.8) is 0 Å². The third kappa shape index (κ3) is 6.24. The molecule has 9 heteroatoms. The minimum absolute atomic E-state index is 0.00181. The van der Waals surface area contributed by atoms with Gasteiger partial charge in [-0.15, -0.1) is 0 Å². The molecule has 0 aliphatic carbocycles. The van der Waals surface area contributed by atoms with Crippen LogP contribution in [0.1, 0.15) is 53.7 Å². The number of anilines is 1. The number of nitrogens with two attached hydrogens (primary N) is 1. The zero-order valence-electron chi connectivity index (χ0n) is 22.9. The van der Waals surface area contributed by atoms with Crippen LogP contribution in [0.2, 0.25) is 5.02 Å². The number of carbonyl (C=O) groups excluding carboxylic acids is 2. The van der Waals surface area contributed by atoms with E-state index in [1.54, 1.807) is 42.5 Å². The SMILES string of the molecule is COc1ccc(-c2cc(C(=O)NCCc3cccc(Cl)c3)ccc2CC2CNc3ccc(C(N)=O)cc32)c(C(=O)O)c1. The zero-order valence-corrected chi connectivity index (χ0v) is 23.7. The minimum atomic E-state index is -1.11. The minimum Gasteiger partial charge on any atom is -0.497 e. The number of carboxylic acid groups (broad SMARTS) is 1. The zero-order chi connectivity index (χ0) is 29.8. The maximum absolute atomic E-state index is 13.2. The number of halogens is 1.